The van der Waals surface area contributed by atoms with Crippen molar-refractivity contribution in [3.63, 3.8) is 0 Å². The maximum absolute atomic E-state index is 11.8. The second kappa shape index (κ2) is 8.30. The van der Waals surface area contributed by atoms with Crippen LogP contribution < -0.4 is 5.32 Å². The van der Waals surface area contributed by atoms with Gasteiger partial charge in [-0.05, 0) is 47.9 Å². The Labute approximate surface area is 163 Å². The summed E-state index contributed by atoms with van der Waals surface area (Å²) in [7, 11) is 0. The van der Waals surface area contributed by atoms with Crippen LogP contribution in [0.4, 0.5) is 0 Å². The van der Waals surface area contributed by atoms with Gasteiger partial charge in [-0.3, -0.25) is 0 Å². The Kier molecular flexibility index (Phi) is 5.82. The summed E-state index contributed by atoms with van der Waals surface area (Å²) in [6, 6.07) is 15.3. The molecule has 3 heteroatoms. The summed E-state index contributed by atoms with van der Waals surface area (Å²) in [6.45, 7) is 7.52. The lowest BCUT2D eigenvalue weighted by molar-refractivity contribution is -0.0422. The molecule has 1 saturated heterocycles. The van der Waals surface area contributed by atoms with E-state index in [-0.39, 0.29) is 5.92 Å². The molecule has 1 aliphatic heterocycles. The molecule has 2 aliphatic rings. The van der Waals surface area contributed by atoms with E-state index in [1.54, 1.807) is 0 Å². The quantitative estimate of drug-likeness (QED) is 0.834. The number of nitrogens with zero attached hydrogens (tertiary/aromatic N) is 1. The summed E-state index contributed by atoms with van der Waals surface area (Å²) in [4.78, 5) is 2.55. The van der Waals surface area contributed by atoms with E-state index >= 15 is 0 Å². The van der Waals surface area contributed by atoms with Crippen molar-refractivity contribution in [2.45, 2.75) is 50.5 Å². The number of fused-ring (bicyclic) bond motifs is 1. The van der Waals surface area contributed by atoms with Crippen LogP contribution >= 0.6 is 0 Å². The lowest BCUT2D eigenvalue weighted by Crippen LogP contribution is -2.50. The van der Waals surface area contributed by atoms with Crippen molar-refractivity contribution in [2.24, 2.45) is 5.92 Å². The van der Waals surface area contributed by atoms with E-state index in [4.69, 9.17) is 0 Å². The molecular weight excluding hydrogens is 332 g/mol. The number of rotatable bonds is 5. The molecule has 0 amide bonds. The summed E-state index contributed by atoms with van der Waals surface area (Å²) in [5.74, 6) is 0.970. The normalized spacial score (nSPS) is 28.3. The van der Waals surface area contributed by atoms with Gasteiger partial charge in [0.15, 0.2) is 0 Å². The van der Waals surface area contributed by atoms with Crippen LogP contribution in [-0.4, -0.2) is 48.3 Å². The average molecular weight is 367 g/mol. The fraction of sp³-hybridized carbons (Fsp3) is 0.583. The van der Waals surface area contributed by atoms with Gasteiger partial charge in [0.25, 0.3) is 0 Å². The highest BCUT2D eigenvalue weighted by atomic mass is 16.3. The SMILES string of the molecule is CCC1CCC(O)(C(CN2CCNCC2)c2cccc3ccccc23)CC1. The molecule has 1 saturated carbocycles. The Morgan fingerprint density at radius 2 is 1.78 bits per heavy atom. The molecule has 2 N–H and O–H groups in total. The Morgan fingerprint density at radius 1 is 1.07 bits per heavy atom. The smallest absolute Gasteiger partial charge is 0.0728 e. The molecule has 4 rings (SSSR count). The van der Waals surface area contributed by atoms with E-state index < -0.39 is 5.60 Å². The molecule has 0 radical (unpaired) electrons. The molecule has 1 heterocycles. The van der Waals surface area contributed by atoms with Gasteiger partial charge in [0.1, 0.15) is 0 Å². The van der Waals surface area contributed by atoms with Gasteiger partial charge < -0.3 is 15.3 Å². The van der Waals surface area contributed by atoms with Gasteiger partial charge in [-0.25, -0.2) is 0 Å². The molecule has 1 aliphatic carbocycles. The Bertz CT molecular complexity index is 740. The highest BCUT2D eigenvalue weighted by Crippen LogP contribution is 2.44. The van der Waals surface area contributed by atoms with E-state index in [0.717, 1.165) is 64.3 Å². The van der Waals surface area contributed by atoms with Crippen LogP contribution in [0.3, 0.4) is 0 Å². The van der Waals surface area contributed by atoms with Gasteiger partial charge in [-0.2, -0.15) is 0 Å². The molecule has 146 valence electrons. The molecule has 0 bridgehead atoms. The van der Waals surface area contributed by atoms with Crippen molar-refractivity contribution in [1.29, 1.82) is 0 Å². The number of hydrogen-bond acceptors (Lipinski definition) is 3. The van der Waals surface area contributed by atoms with E-state index in [9.17, 15) is 5.11 Å². The van der Waals surface area contributed by atoms with Crippen molar-refractivity contribution < 1.29 is 5.11 Å². The number of nitrogens with one attached hydrogen (secondary N) is 1. The van der Waals surface area contributed by atoms with Crippen LogP contribution in [0.25, 0.3) is 10.8 Å². The van der Waals surface area contributed by atoms with Crippen LogP contribution in [0.15, 0.2) is 42.5 Å². The summed E-state index contributed by atoms with van der Waals surface area (Å²) in [5.41, 5.74) is 0.754. The van der Waals surface area contributed by atoms with Crippen LogP contribution in [0.2, 0.25) is 0 Å². The zero-order valence-electron chi connectivity index (χ0n) is 16.7. The minimum absolute atomic E-state index is 0.180. The van der Waals surface area contributed by atoms with Crippen molar-refractivity contribution in [3.8, 4) is 0 Å². The molecule has 3 nitrogen and oxygen atoms in total. The first-order valence-corrected chi connectivity index (χ1v) is 10.8. The van der Waals surface area contributed by atoms with Gasteiger partial charge >= 0.3 is 0 Å². The maximum atomic E-state index is 11.8. The monoisotopic (exact) mass is 366 g/mol. The Balaban J connectivity index is 1.69. The minimum atomic E-state index is -0.583. The predicted octanol–water partition coefficient (Wildman–Crippen LogP) is 4.16. The van der Waals surface area contributed by atoms with Gasteiger partial charge in [0.05, 0.1) is 5.60 Å². The van der Waals surface area contributed by atoms with Crippen molar-refractivity contribution in [2.75, 3.05) is 32.7 Å². The topological polar surface area (TPSA) is 35.5 Å². The number of benzene rings is 2. The summed E-state index contributed by atoms with van der Waals surface area (Å²) < 4.78 is 0. The largest absolute Gasteiger partial charge is 0.389 e. The fourth-order valence-electron chi connectivity index (χ4n) is 5.20. The third kappa shape index (κ3) is 4.06. The number of hydrogen-bond donors (Lipinski definition) is 2. The van der Waals surface area contributed by atoms with E-state index in [0.29, 0.717) is 0 Å². The minimum Gasteiger partial charge on any atom is -0.389 e. The number of piperazine rings is 1. The first kappa shape index (κ1) is 18.9. The molecule has 0 aromatic heterocycles. The molecule has 1 unspecified atom stereocenters. The Hall–Kier alpha value is -1.42. The lowest BCUT2D eigenvalue weighted by Gasteiger charge is -2.44. The molecule has 0 spiro atoms. The summed E-state index contributed by atoms with van der Waals surface area (Å²) >= 11 is 0. The highest BCUT2D eigenvalue weighted by molar-refractivity contribution is 5.86. The fourth-order valence-corrected chi connectivity index (χ4v) is 5.20. The summed E-state index contributed by atoms with van der Waals surface area (Å²) in [5, 5.41) is 17.9. The van der Waals surface area contributed by atoms with Crippen LogP contribution in [0, 0.1) is 5.92 Å². The van der Waals surface area contributed by atoms with E-state index in [2.05, 4.69) is 59.6 Å². The van der Waals surface area contributed by atoms with Crippen molar-refractivity contribution in [1.82, 2.24) is 10.2 Å². The van der Waals surface area contributed by atoms with Crippen LogP contribution in [-0.2, 0) is 0 Å². The zero-order chi connectivity index (χ0) is 18.7. The van der Waals surface area contributed by atoms with Gasteiger partial charge in [-0.1, -0.05) is 55.8 Å². The number of aliphatic hydroxyl groups is 1. The van der Waals surface area contributed by atoms with E-state index in [1.807, 2.05) is 0 Å². The third-order valence-corrected chi connectivity index (χ3v) is 7.05. The maximum Gasteiger partial charge on any atom is 0.0728 e. The molecule has 2 aromatic carbocycles. The molecule has 27 heavy (non-hydrogen) atoms. The van der Waals surface area contributed by atoms with E-state index in [1.165, 1.54) is 22.8 Å². The van der Waals surface area contributed by atoms with Crippen molar-refractivity contribution in [3.05, 3.63) is 48.0 Å². The van der Waals surface area contributed by atoms with Crippen LogP contribution in [0.1, 0.15) is 50.5 Å². The van der Waals surface area contributed by atoms with Crippen LogP contribution in [0.5, 0.6) is 0 Å². The first-order chi connectivity index (χ1) is 13.2. The first-order valence-electron chi connectivity index (χ1n) is 10.8. The molecular formula is C24H34N2O. The summed E-state index contributed by atoms with van der Waals surface area (Å²) in [6.07, 6.45) is 5.44. The van der Waals surface area contributed by atoms with Crippen molar-refractivity contribution >= 4 is 10.8 Å². The molecule has 2 fully saturated rings. The molecule has 1 atom stereocenters. The predicted molar refractivity (Wildman–Crippen MR) is 113 cm³/mol. The van der Waals surface area contributed by atoms with Gasteiger partial charge in [-0.15, -0.1) is 0 Å². The standard InChI is InChI=1S/C24H34N2O/c1-2-19-10-12-24(27,13-11-19)23(18-26-16-14-25-15-17-26)22-9-5-7-20-6-3-4-8-21(20)22/h3-9,19,23,25,27H,2,10-18H2,1H3. The van der Waals surface area contributed by atoms with Gasteiger partial charge in [0.2, 0.25) is 0 Å². The average Bonchev–Trinajstić information content (AvgIpc) is 2.73. The molecule has 2 aromatic rings. The lowest BCUT2D eigenvalue weighted by atomic mass is 9.68. The second-order valence-corrected chi connectivity index (χ2v) is 8.63. The second-order valence-electron chi connectivity index (χ2n) is 8.63. The highest BCUT2D eigenvalue weighted by Gasteiger charge is 2.42. The Morgan fingerprint density at radius 3 is 2.52 bits per heavy atom. The zero-order valence-corrected chi connectivity index (χ0v) is 16.7. The third-order valence-electron chi connectivity index (χ3n) is 7.05. The van der Waals surface area contributed by atoms with Gasteiger partial charge in [0, 0.05) is 38.6 Å².